The number of hydrogen-bond acceptors (Lipinski definition) is 9. The maximum Gasteiger partial charge on any atom is 0.242 e. The van der Waals surface area contributed by atoms with E-state index in [0.29, 0.717) is 71.0 Å². The summed E-state index contributed by atoms with van der Waals surface area (Å²) in [5.74, 6) is -0.988. The van der Waals surface area contributed by atoms with Gasteiger partial charge < -0.3 is 71.6 Å². The lowest BCUT2D eigenvalue weighted by Crippen LogP contribution is -2.50. The van der Waals surface area contributed by atoms with E-state index in [1.54, 1.807) is 0 Å². The molecule has 0 heterocycles. The molecule has 21 nitrogen and oxygen atoms in total. The Morgan fingerprint density at radius 3 is 0.656 bits per heavy atom. The standard InChI is InChI=1S/C72H143N13O8/c73-53-37-25-17-9-1-5-13-22-30-50-66(87)83-62(46-34-39-55-75)70(91)80-59-43-27-19-11-3-7-15-24-32-52-68(89)85-64(48-36-41-57-77)72(93)81-60-44-28-20-12-4-8-16-23-31-51-67(88)84-63(47-35-40-56-76)71(92)79-58-42-26-18-10-2-6-14-21-29-49-65(86)82-61(69(78)90)45-33-38-54-74/h61-64H,1-60,73-77H2,(H2,78,90)(H,79,92)(H,80,91)(H,81,93)(H,82,86)(H,83,87)(H,84,88)(H,85,89)/p+4. The molecule has 0 spiro atoms. The third-order valence-electron chi connectivity index (χ3n) is 17.9. The fourth-order valence-electron chi connectivity index (χ4n) is 11.9. The molecular weight excluding hydrogens is 1170 g/mol. The van der Waals surface area contributed by atoms with Gasteiger partial charge in [-0.3, -0.25) is 38.4 Å². The topological polar surface area (TPSA) is 383 Å². The molecule has 0 aromatic carbocycles. The maximum absolute atomic E-state index is 13.2. The summed E-state index contributed by atoms with van der Waals surface area (Å²) in [6, 6.07) is -2.10. The summed E-state index contributed by atoms with van der Waals surface area (Å²) in [5, 5.41) is 21.1. The minimum atomic E-state index is -0.594. The first-order valence-electron chi connectivity index (χ1n) is 38.5. The van der Waals surface area contributed by atoms with Crippen molar-refractivity contribution in [1.82, 2.24) is 37.2 Å². The fourth-order valence-corrected chi connectivity index (χ4v) is 11.9. The van der Waals surface area contributed by atoms with E-state index in [9.17, 15) is 38.4 Å². The van der Waals surface area contributed by atoms with Crippen molar-refractivity contribution < 1.29 is 61.3 Å². The van der Waals surface area contributed by atoms with Crippen LogP contribution in [0, 0.1) is 0 Å². The molecular formula is C72H147N13O8+4. The van der Waals surface area contributed by atoms with Crippen LogP contribution in [0.1, 0.15) is 334 Å². The second-order valence-corrected chi connectivity index (χ2v) is 26.7. The maximum atomic E-state index is 13.2. The molecule has 93 heavy (non-hydrogen) atoms. The van der Waals surface area contributed by atoms with Gasteiger partial charge in [-0.1, -0.05) is 180 Å². The molecule has 0 radical (unpaired) electrons. The quantitative estimate of drug-likeness (QED) is 0.0279. The van der Waals surface area contributed by atoms with E-state index in [2.05, 4.69) is 60.2 Å². The monoisotopic (exact) mass is 1320 g/mol. The molecule has 23 N–H and O–H groups in total. The first-order valence-corrected chi connectivity index (χ1v) is 38.5. The molecule has 21 heteroatoms. The Kier molecular flexibility index (Phi) is 64.3. The Labute approximate surface area is 565 Å². The minimum Gasteiger partial charge on any atom is -0.368 e. The predicted molar refractivity (Wildman–Crippen MR) is 376 cm³/mol. The van der Waals surface area contributed by atoms with Crippen LogP contribution in [-0.2, 0) is 38.4 Å². The summed E-state index contributed by atoms with van der Waals surface area (Å²) in [4.78, 5) is 102. The first kappa shape index (κ1) is 88.6. The van der Waals surface area contributed by atoms with Crippen LogP contribution in [-0.4, -0.2) is 124 Å². The largest absolute Gasteiger partial charge is 0.368 e. The Morgan fingerprint density at radius 2 is 0.441 bits per heavy atom. The molecule has 0 fully saturated rings. The van der Waals surface area contributed by atoms with Crippen molar-refractivity contribution in [3.05, 3.63) is 0 Å². The highest BCUT2D eigenvalue weighted by atomic mass is 16.2. The van der Waals surface area contributed by atoms with Crippen molar-refractivity contribution in [2.75, 3.05) is 52.4 Å². The highest BCUT2D eigenvalue weighted by Crippen LogP contribution is 2.16. The lowest BCUT2D eigenvalue weighted by atomic mass is 10.0. The third-order valence-corrected chi connectivity index (χ3v) is 17.9. The van der Waals surface area contributed by atoms with Crippen LogP contribution >= 0.6 is 0 Å². The second-order valence-electron chi connectivity index (χ2n) is 26.7. The summed E-state index contributed by atoms with van der Waals surface area (Å²) < 4.78 is 0. The van der Waals surface area contributed by atoms with Gasteiger partial charge in [0.05, 0.1) is 26.2 Å². The lowest BCUT2D eigenvalue weighted by molar-refractivity contribution is -0.368. The van der Waals surface area contributed by atoms with Crippen LogP contribution < -0.4 is 71.6 Å². The molecule has 0 saturated heterocycles. The molecule has 8 amide bonds. The number of carbonyl (C=O) groups is 8. The fraction of sp³-hybridized carbons (Fsp3) is 0.889. The van der Waals surface area contributed by atoms with E-state index in [1.165, 1.54) is 32.1 Å². The zero-order valence-electron chi connectivity index (χ0n) is 59.5. The number of carbonyl (C=O) groups excluding carboxylic acids is 8. The SMILES string of the molecule is NCCCCCCCCCCCC(=O)NC(CCCC[NH3+])C(=O)NCCCCCCCCCCCC(=O)NC(CCCC[NH3+])C(=O)NCCCCCCCCCCCC(=O)NC(CCCC[NH3+])C(=O)NCCCCCCCCCCCC(=O)NC(CCCC[NH3+])C(N)=O. The van der Waals surface area contributed by atoms with Crippen molar-refractivity contribution in [1.29, 1.82) is 0 Å². The van der Waals surface area contributed by atoms with E-state index < -0.39 is 30.1 Å². The smallest absolute Gasteiger partial charge is 0.242 e. The van der Waals surface area contributed by atoms with Gasteiger partial charge in [0, 0.05) is 45.3 Å². The average molecular weight is 1320 g/mol. The summed E-state index contributed by atoms with van der Waals surface area (Å²) in [6.07, 6.45) is 49.7. The molecule has 4 atom stereocenters. The summed E-state index contributed by atoms with van der Waals surface area (Å²) in [7, 11) is 0. The Balaban J connectivity index is 4.20. The zero-order valence-corrected chi connectivity index (χ0v) is 59.5. The van der Waals surface area contributed by atoms with Gasteiger partial charge in [0.15, 0.2) is 0 Å². The number of primary amides is 1. The molecule has 0 aromatic heterocycles. The highest BCUT2D eigenvalue weighted by Gasteiger charge is 2.23. The third kappa shape index (κ3) is 58.6. The predicted octanol–water partition coefficient (Wildman–Crippen LogP) is 6.97. The normalized spacial score (nSPS) is 12.6. The zero-order chi connectivity index (χ0) is 68.3. The van der Waals surface area contributed by atoms with Gasteiger partial charge in [-0.05, 0) is 135 Å². The van der Waals surface area contributed by atoms with Crippen molar-refractivity contribution in [2.24, 2.45) is 11.5 Å². The van der Waals surface area contributed by atoms with Crippen molar-refractivity contribution in [2.45, 2.75) is 358 Å². The number of quaternary nitrogens is 4. The summed E-state index contributed by atoms with van der Waals surface area (Å²) >= 11 is 0. The minimum absolute atomic E-state index is 0.0244. The lowest BCUT2D eigenvalue weighted by Gasteiger charge is -2.18. The van der Waals surface area contributed by atoms with Crippen LogP contribution in [0.4, 0.5) is 0 Å². The molecule has 0 rings (SSSR count). The van der Waals surface area contributed by atoms with E-state index >= 15 is 0 Å². The molecule has 0 bridgehead atoms. The van der Waals surface area contributed by atoms with Crippen LogP contribution in [0.15, 0.2) is 0 Å². The van der Waals surface area contributed by atoms with Gasteiger partial charge >= 0.3 is 0 Å². The van der Waals surface area contributed by atoms with Crippen LogP contribution in [0.2, 0.25) is 0 Å². The van der Waals surface area contributed by atoms with Gasteiger partial charge in [0.2, 0.25) is 47.3 Å². The average Bonchev–Trinajstić information content (AvgIpc) is 3.75. The number of hydrogen-bond donors (Lipinski definition) is 13. The molecule has 0 aliphatic heterocycles. The van der Waals surface area contributed by atoms with Crippen molar-refractivity contribution in [3.8, 4) is 0 Å². The van der Waals surface area contributed by atoms with Gasteiger partial charge in [-0.15, -0.1) is 0 Å². The number of unbranched alkanes of at least 4 members (excludes halogenated alkanes) is 36. The molecule has 0 aromatic rings. The number of nitrogens with two attached hydrogens (primary N) is 2. The molecule has 0 aliphatic rings. The van der Waals surface area contributed by atoms with E-state index in [-0.39, 0.29) is 41.4 Å². The highest BCUT2D eigenvalue weighted by molar-refractivity contribution is 5.89. The summed E-state index contributed by atoms with van der Waals surface area (Å²) in [5.41, 5.74) is 26.7. The van der Waals surface area contributed by atoms with Crippen LogP contribution in [0.25, 0.3) is 0 Å². The van der Waals surface area contributed by atoms with Crippen molar-refractivity contribution in [3.63, 3.8) is 0 Å². The number of amides is 8. The Hall–Kier alpha value is -4.44. The number of rotatable bonds is 71. The Morgan fingerprint density at radius 1 is 0.247 bits per heavy atom. The molecule has 544 valence electrons. The first-order chi connectivity index (χ1) is 45.3. The molecule has 4 unspecified atom stereocenters. The molecule has 0 aliphatic carbocycles. The van der Waals surface area contributed by atoms with E-state index in [0.717, 1.165) is 283 Å². The van der Waals surface area contributed by atoms with Crippen LogP contribution in [0.5, 0.6) is 0 Å². The van der Waals surface area contributed by atoms with E-state index in [4.69, 9.17) is 11.5 Å². The molecule has 0 saturated carbocycles. The van der Waals surface area contributed by atoms with Gasteiger partial charge in [-0.25, -0.2) is 0 Å². The van der Waals surface area contributed by atoms with E-state index in [1.807, 2.05) is 0 Å². The summed E-state index contributed by atoms with van der Waals surface area (Å²) in [6.45, 7) is 5.84. The Bertz CT molecular complexity index is 1830. The van der Waals surface area contributed by atoms with Gasteiger partial charge in [-0.2, -0.15) is 0 Å². The number of nitrogens with one attached hydrogen (secondary N) is 7. The second kappa shape index (κ2) is 67.5. The van der Waals surface area contributed by atoms with Crippen molar-refractivity contribution >= 4 is 47.3 Å². The van der Waals surface area contributed by atoms with Crippen LogP contribution in [0.3, 0.4) is 0 Å². The van der Waals surface area contributed by atoms with Gasteiger partial charge in [0.25, 0.3) is 0 Å². The van der Waals surface area contributed by atoms with Gasteiger partial charge in [0.1, 0.15) is 24.2 Å².